The summed E-state index contributed by atoms with van der Waals surface area (Å²) >= 11 is 0. The van der Waals surface area contributed by atoms with E-state index in [9.17, 15) is 14.0 Å². The summed E-state index contributed by atoms with van der Waals surface area (Å²) in [5, 5.41) is 6.09. The average molecular weight is 423 g/mol. The van der Waals surface area contributed by atoms with Crippen LogP contribution in [0.15, 0.2) is 59.7 Å². The second-order valence-electron chi connectivity index (χ2n) is 7.95. The molecule has 1 fully saturated rings. The van der Waals surface area contributed by atoms with Crippen LogP contribution in [0.4, 0.5) is 4.39 Å². The zero-order valence-electron chi connectivity index (χ0n) is 17.5. The first-order valence-corrected chi connectivity index (χ1v) is 10.5. The molecule has 1 heterocycles. The zero-order chi connectivity index (χ0) is 21.8. The topological polar surface area (TPSA) is 62.2 Å². The standard InChI is InChI=1S/C24H26FN3O3/c1-31-14-13-27(24(30)19-7-8-19)16-23(29)28-22(18-5-3-2-4-6-18)15-21(26-28)17-9-11-20(25)12-10-17/h2-6,9-12,19,22H,7-8,13-16H2,1H3. The SMILES string of the molecule is COCCN(CC(=O)N1N=C(c2ccc(F)cc2)CC1c1ccccc1)C(=O)C1CC1. The molecule has 2 amide bonds. The van der Waals surface area contributed by atoms with E-state index in [1.807, 2.05) is 30.3 Å². The third-order valence-electron chi connectivity index (χ3n) is 5.66. The quantitative estimate of drug-likeness (QED) is 0.654. The second-order valence-corrected chi connectivity index (χ2v) is 7.95. The lowest BCUT2D eigenvalue weighted by Gasteiger charge is -2.27. The molecule has 1 saturated carbocycles. The molecule has 0 saturated heterocycles. The van der Waals surface area contributed by atoms with Crippen LogP contribution in [-0.2, 0) is 14.3 Å². The molecule has 0 N–H and O–H groups in total. The Morgan fingerprint density at radius 2 is 1.84 bits per heavy atom. The van der Waals surface area contributed by atoms with Gasteiger partial charge < -0.3 is 9.64 Å². The van der Waals surface area contributed by atoms with Crippen LogP contribution in [0.5, 0.6) is 0 Å². The minimum absolute atomic E-state index is 0.00333. The summed E-state index contributed by atoms with van der Waals surface area (Å²) in [5.74, 6) is -0.534. The van der Waals surface area contributed by atoms with Crippen molar-refractivity contribution < 1.29 is 18.7 Å². The molecule has 31 heavy (non-hydrogen) atoms. The van der Waals surface area contributed by atoms with E-state index < -0.39 is 0 Å². The van der Waals surface area contributed by atoms with Crippen molar-refractivity contribution in [2.45, 2.75) is 25.3 Å². The van der Waals surface area contributed by atoms with Gasteiger partial charge in [0.25, 0.3) is 5.91 Å². The monoisotopic (exact) mass is 423 g/mol. The van der Waals surface area contributed by atoms with Crippen LogP contribution in [0.2, 0.25) is 0 Å². The van der Waals surface area contributed by atoms with E-state index in [1.54, 1.807) is 24.1 Å². The van der Waals surface area contributed by atoms with Gasteiger partial charge >= 0.3 is 0 Å². The number of hydrogen-bond acceptors (Lipinski definition) is 4. The summed E-state index contributed by atoms with van der Waals surface area (Å²) in [6.07, 6.45) is 2.27. The summed E-state index contributed by atoms with van der Waals surface area (Å²) < 4.78 is 18.5. The first-order chi connectivity index (χ1) is 15.1. The van der Waals surface area contributed by atoms with Gasteiger partial charge in [0.2, 0.25) is 5.91 Å². The molecule has 1 unspecified atom stereocenters. The fourth-order valence-corrected chi connectivity index (χ4v) is 3.78. The number of carbonyl (C=O) groups excluding carboxylic acids is 2. The number of amides is 2. The molecule has 6 nitrogen and oxygen atoms in total. The average Bonchev–Trinajstić information content (AvgIpc) is 3.55. The number of hydrogen-bond donors (Lipinski definition) is 0. The maximum absolute atomic E-state index is 13.4. The number of nitrogens with zero attached hydrogens (tertiary/aromatic N) is 3. The van der Waals surface area contributed by atoms with Gasteiger partial charge in [-0.3, -0.25) is 9.59 Å². The largest absolute Gasteiger partial charge is 0.383 e. The molecular weight excluding hydrogens is 397 g/mol. The highest BCUT2D eigenvalue weighted by Gasteiger charge is 2.37. The second kappa shape index (κ2) is 9.39. The molecule has 0 bridgehead atoms. The number of hydrazone groups is 1. The minimum Gasteiger partial charge on any atom is -0.383 e. The van der Waals surface area contributed by atoms with Crippen molar-refractivity contribution in [3.8, 4) is 0 Å². The molecule has 2 aliphatic rings. The van der Waals surface area contributed by atoms with E-state index >= 15 is 0 Å². The Bertz CT molecular complexity index is 958. The predicted octanol–water partition coefficient (Wildman–Crippen LogP) is 3.39. The Kier molecular flexibility index (Phi) is 6.42. The van der Waals surface area contributed by atoms with Gasteiger partial charge in [-0.05, 0) is 36.1 Å². The lowest BCUT2D eigenvalue weighted by molar-refractivity contribution is -0.142. The van der Waals surface area contributed by atoms with E-state index in [0.717, 1.165) is 29.7 Å². The normalized spacial score (nSPS) is 18.1. The van der Waals surface area contributed by atoms with E-state index in [0.29, 0.717) is 19.6 Å². The Labute approximate surface area is 181 Å². The molecule has 1 aliphatic heterocycles. The Balaban J connectivity index is 1.58. The van der Waals surface area contributed by atoms with Gasteiger partial charge in [-0.1, -0.05) is 42.5 Å². The molecular formula is C24H26FN3O3. The van der Waals surface area contributed by atoms with Crippen LogP contribution in [-0.4, -0.2) is 54.2 Å². The fraction of sp³-hybridized carbons (Fsp3) is 0.375. The van der Waals surface area contributed by atoms with Gasteiger partial charge in [-0.15, -0.1) is 0 Å². The number of halogens is 1. The molecule has 0 spiro atoms. The van der Waals surface area contributed by atoms with Crippen LogP contribution >= 0.6 is 0 Å². The van der Waals surface area contributed by atoms with Crippen molar-refractivity contribution in [3.63, 3.8) is 0 Å². The number of rotatable bonds is 8. The Morgan fingerprint density at radius 1 is 1.13 bits per heavy atom. The van der Waals surface area contributed by atoms with Gasteiger partial charge in [0.05, 0.1) is 18.4 Å². The van der Waals surface area contributed by atoms with Gasteiger partial charge in [0.15, 0.2) is 0 Å². The highest BCUT2D eigenvalue weighted by molar-refractivity contribution is 6.03. The third kappa shape index (κ3) is 4.99. The molecule has 1 aliphatic carbocycles. The molecule has 0 aromatic heterocycles. The maximum Gasteiger partial charge on any atom is 0.262 e. The number of ether oxygens (including phenoxy) is 1. The summed E-state index contributed by atoms with van der Waals surface area (Å²) in [4.78, 5) is 27.5. The van der Waals surface area contributed by atoms with Crippen LogP contribution in [0.3, 0.4) is 0 Å². The predicted molar refractivity (Wildman–Crippen MR) is 115 cm³/mol. The minimum atomic E-state index is -0.317. The first-order valence-electron chi connectivity index (χ1n) is 10.5. The van der Waals surface area contributed by atoms with E-state index in [2.05, 4.69) is 5.10 Å². The number of methoxy groups -OCH3 is 1. The molecule has 2 aromatic rings. The maximum atomic E-state index is 13.4. The molecule has 4 rings (SSSR count). The van der Waals surface area contributed by atoms with Crippen molar-refractivity contribution in [1.29, 1.82) is 0 Å². The highest BCUT2D eigenvalue weighted by atomic mass is 19.1. The van der Waals surface area contributed by atoms with Crippen LogP contribution in [0, 0.1) is 11.7 Å². The van der Waals surface area contributed by atoms with Crippen molar-refractivity contribution >= 4 is 17.5 Å². The molecule has 1 atom stereocenters. The van der Waals surface area contributed by atoms with Crippen molar-refractivity contribution in [3.05, 3.63) is 71.5 Å². The van der Waals surface area contributed by atoms with Gasteiger partial charge in [-0.25, -0.2) is 9.40 Å². The summed E-state index contributed by atoms with van der Waals surface area (Å²) in [6.45, 7) is 0.704. The summed E-state index contributed by atoms with van der Waals surface area (Å²) in [6, 6.07) is 15.6. The molecule has 162 valence electrons. The lowest BCUT2D eigenvalue weighted by atomic mass is 9.98. The van der Waals surface area contributed by atoms with Gasteiger partial charge in [0.1, 0.15) is 12.4 Å². The van der Waals surface area contributed by atoms with Gasteiger partial charge in [-0.2, -0.15) is 5.10 Å². The van der Waals surface area contributed by atoms with E-state index in [-0.39, 0.29) is 36.1 Å². The smallest absolute Gasteiger partial charge is 0.262 e. The lowest BCUT2D eigenvalue weighted by Crippen LogP contribution is -2.43. The first kappa shape index (κ1) is 21.2. The molecule has 2 aromatic carbocycles. The van der Waals surface area contributed by atoms with Gasteiger partial charge in [0, 0.05) is 26.0 Å². The van der Waals surface area contributed by atoms with Crippen molar-refractivity contribution in [2.75, 3.05) is 26.8 Å². The molecule has 7 heteroatoms. The van der Waals surface area contributed by atoms with E-state index in [4.69, 9.17) is 4.74 Å². The van der Waals surface area contributed by atoms with Crippen molar-refractivity contribution in [1.82, 2.24) is 9.91 Å². The van der Waals surface area contributed by atoms with Crippen molar-refractivity contribution in [2.24, 2.45) is 11.0 Å². The number of benzene rings is 2. The summed E-state index contributed by atoms with van der Waals surface area (Å²) in [5.41, 5.74) is 2.47. The zero-order valence-corrected chi connectivity index (χ0v) is 17.5. The Morgan fingerprint density at radius 3 is 2.48 bits per heavy atom. The Hall–Kier alpha value is -3.06. The molecule has 0 radical (unpaired) electrons. The fourth-order valence-electron chi connectivity index (χ4n) is 3.78. The van der Waals surface area contributed by atoms with Crippen LogP contribution in [0.25, 0.3) is 0 Å². The van der Waals surface area contributed by atoms with E-state index in [1.165, 1.54) is 17.1 Å². The van der Waals surface area contributed by atoms with Crippen LogP contribution < -0.4 is 0 Å². The highest BCUT2D eigenvalue weighted by Crippen LogP contribution is 2.34. The summed E-state index contributed by atoms with van der Waals surface area (Å²) in [7, 11) is 1.58. The van der Waals surface area contributed by atoms with Crippen LogP contribution in [0.1, 0.15) is 36.4 Å². The third-order valence-corrected chi connectivity index (χ3v) is 5.66. The number of carbonyl (C=O) groups is 2.